The van der Waals surface area contributed by atoms with Gasteiger partial charge in [0.2, 0.25) is 0 Å². The summed E-state index contributed by atoms with van der Waals surface area (Å²) in [6, 6.07) is 11.1. The van der Waals surface area contributed by atoms with Crippen LogP contribution in [-0.4, -0.2) is 11.0 Å². The van der Waals surface area contributed by atoms with Crippen LogP contribution in [0.15, 0.2) is 30.3 Å². The van der Waals surface area contributed by atoms with Gasteiger partial charge < -0.3 is 5.32 Å². The first kappa shape index (κ1) is 14.7. The molecule has 1 aliphatic carbocycles. The molecule has 0 saturated heterocycles. The quantitative estimate of drug-likeness (QED) is 0.856. The van der Waals surface area contributed by atoms with Crippen LogP contribution >= 0.6 is 11.3 Å². The minimum atomic E-state index is 0.439. The molecule has 21 heavy (non-hydrogen) atoms. The van der Waals surface area contributed by atoms with Crippen molar-refractivity contribution in [3.8, 4) is 10.4 Å². The number of hydrogen-bond donors (Lipinski definition) is 1. The third-order valence-electron chi connectivity index (χ3n) is 4.24. The monoisotopic (exact) mass is 300 g/mol. The standard InChI is InChI=1S/C18H24N2S/c1-12(2)19-11-15-16(13-8-6-5-7-9-13)21-17(20-15)14-10-18(14,3)4/h5-9,12,14,19H,10-11H2,1-4H3. The Morgan fingerprint density at radius 3 is 2.52 bits per heavy atom. The molecule has 0 aliphatic heterocycles. The first-order chi connectivity index (χ1) is 9.97. The van der Waals surface area contributed by atoms with E-state index < -0.39 is 0 Å². The molecule has 2 aromatic rings. The van der Waals surface area contributed by atoms with Crippen LogP contribution in [0.5, 0.6) is 0 Å². The fourth-order valence-electron chi connectivity index (χ4n) is 2.64. The molecule has 1 aliphatic rings. The third kappa shape index (κ3) is 3.19. The molecular formula is C18H24N2S. The lowest BCUT2D eigenvalue weighted by Gasteiger charge is -2.07. The van der Waals surface area contributed by atoms with Crippen molar-refractivity contribution in [2.45, 2.75) is 52.6 Å². The zero-order valence-corrected chi connectivity index (χ0v) is 14.1. The molecule has 1 heterocycles. The van der Waals surface area contributed by atoms with Gasteiger partial charge in [-0.2, -0.15) is 0 Å². The highest BCUT2D eigenvalue weighted by Crippen LogP contribution is 2.59. The Balaban J connectivity index is 1.92. The number of nitrogens with one attached hydrogen (secondary N) is 1. The minimum absolute atomic E-state index is 0.439. The smallest absolute Gasteiger partial charge is 0.0971 e. The van der Waals surface area contributed by atoms with Gasteiger partial charge in [-0.25, -0.2) is 4.98 Å². The number of nitrogens with zero attached hydrogens (tertiary/aromatic N) is 1. The molecule has 3 rings (SSSR count). The van der Waals surface area contributed by atoms with Crippen molar-refractivity contribution in [1.82, 2.24) is 10.3 Å². The lowest BCUT2D eigenvalue weighted by Crippen LogP contribution is -2.22. The van der Waals surface area contributed by atoms with E-state index in [1.807, 2.05) is 11.3 Å². The Bertz CT molecular complexity index is 613. The van der Waals surface area contributed by atoms with Gasteiger partial charge in [0.15, 0.2) is 0 Å². The summed E-state index contributed by atoms with van der Waals surface area (Å²) in [5.41, 5.74) is 2.94. The summed E-state index contributed by atoms with van der Waals surface area (Å²) in [5.74, 6) is 0.651. The van der Waals surface area contributed by atoms with E-state index in [2.05, 4.69) is 63.3 Å². The molecule has 0 amide bonds. The van der Waals surface area contributed by atoms with Crippen molar-refractivity contribution < 1.29 is 0 Å². The van der Waals surface area contributed by atoms with E-state index >= 15 is 0 Å². The molecule has 1 aromatic carbocycles. The summed E-state index contributed by atoms with van der Waals surface area (Å²) in [4.78, 5) is 6.31. The van der Waals surface area contributed by atoms with Crippen molar-refractivity contribution >= 4 is 11.3 Å². The largest absolute Gasteiger partial charge is 0.309 e. The van der Waals surface area contributed by atoms with E-state index in [9.17, 15) is 0 Å². The van der Waals surface area contributed by atoms with E-state index in [4.69, 9.17) is 4.98 Å². The summed E-state index contributed by atoms with van der Waals surface area (Å²) in [7, 11) is 0. The van der Waals surface area contributed by atoms with Gasteiger partial charge >= 0.3 is 0 Å². The number of rotatable bonds is 5. The summed E-state index contributed by atoms with van der Waals surface area (Å²) in [6.45, 7) is 9.89. The average Bonchev–Trinajstić information content (AvgIpc) is 2.91. The fourth-order valence-corrected chi connectivity index (χ4v) is 4.04. The van der Waals surface area contributed by atoms with Gasteiger partial charge in [0.05, 0.1) is 15.6 Å². The van der Waals surface area contributed by atoms with Crippen LogP contribution < -0.4 is 5.32 Å². The van der Waals surface area contributed by atoms with Crippen molar-refractivity contribution in [2.24, 2.45) is 5.41 Å². The van der Waals surface area contributed by atoms with Crippen LogP contribution in [0.25, 0.3) is 10.4 Å². The SMILES string of the molecule is CC(C)NCc1nc(C2CC2(C)C)sc1-c1ccccc1. The molecule has 1 unspecified atom stereocenters. The predicted molar refractivity (Wildman–Crippen MR) is 90.7 cm³/mol. The lowest BCUT2D eigenvalue weighted by atomic mass is 10.1. The molecule has 1 atom stereocenters. The Kier molecular flexibility index (Phi) is 3.89. The van der Waals surface area contributed by atoms with Crippen LogP contribution in [0.4, 0.5) is 0 Å². The molecule has 3 heteroatoms. The highest BCUT2D eigenvalue weighted by molar-refractivity contribution is 7.15. The number of benzene rings is 1. The van der Waals surface area contributed by atoms with Gasteiger partial charge in [-0.1, -0.05) is 58.0 Å². The van der Waals surface area contributed by atoms with E-state index in [0.717, 1.165) is 6.54 Å². The summed E-state index contributed by atoms with van der Waals surface area (Å²) in [5, 5.41) is 4.83. The predicted octanol–water partition coefficient (Wildman–Crippen LogP) is 4.82. The number of thiazole rings is 1. The maximum atomic E-state index is 4.97. The Morgan fingerprint density at radius 1 is 1.29 bits per heavy atom. The maximum absolute atomic E-state index is 4.97. The van der Waals surface area contributed by atoms with Crippen molar-refractivity contribution in [3.05, 3.63) is 41.0 Å². The highest BCUT2D eigenvalue weighted by atomic mass is 32.1. The molecule has 1 saturated carbocycles. The Morgan fingerprint density at radius 2 is 1.95 bits per heavy atom. The normalized spacial score (nSPS) is 20.0. The summed E-state index contributed by atoms with van der Waals surface area (Å²) in [6.07, 6.45) is 1.27. The second kappa shape index (κ2) is 5.54. The minimum Gasteiger partial charge on any atom is -0.309 e. The highest BCUT2D eigenvalue weighted by Gasteiger charge is 2.48. The Labute approximate surface area is 131 Å². The van der Waals surface area contributed by atoms with Crippen LogP contribution in [0.3, 0.4) is 0 Å². The molecule has 0 bridgehead atoms. The maximum Gasteiger partial charge on any atom is 0.0971 e. The lowest BCUT2D eigenvalue weighted by molar-refractivity contribution is 0.580. The molecule has 1 aromatic heterocycles. The molecule has 0 spiro atoms. The number of hydrogen-bond acceptors (Lipinski definition) is 3. The van der Waals surface area contributed by atoms with Crippen molar-refractivity contribution in [2.75, 3.05) is 0 Å². The molecule has 0 radical (unpaired) electrons. The van der Waals surface area contributed by atoms with E-state index in [-0.39, 0.29) is 0 Å². The first-order valence-electron chi connectivity index (χ1n) is 7.76. The van der Waals surface area contributed by atoms with Gasteiger partial charge in [-0.15, -0.1) is 11.3 Å². The van der Waals surface area contributed by atoms with E-state index in [1.165, 1.54) is 27.6 Å². The van der Waals surface area contributed by atoms with Gasteiger partial charge in [0.1, 0.15) is 0 Å². The fraction of sp³-hybridized carbons (Fsp3) is 0.500. The van der Waals surface area contributed by atoms with Crippen LogP contribution in [0, 0.1) is 5.41 Å². The topological polar surface area (TPSA) is 24.9 Å². The molecule has 1 fully saturated rings. The van der Waals surface area contributed by atoms with Gasteiger partial charge in [-0.3, -0.25) is 0 Å². The Hall–Kier alpha value is -1.19. The molecule has 1 N–H and O–H groups in total. The van der Waals surface area contributed by atoms with Gasteiger partial charge in [0, 0.05) is 18.5 Å². The average molecular weight is 300 g/mol. The zero-order valence-electron chi connectivity index (χ0n) is 13.3. The molecular weight excluding hydrogens is 276 g/mol. The van der Waals surface area contributed by atoms with Gasteiger partial charge in [-0.05, 0) is 17.4 Å². The zero-order chi connectivity index (χ0) is 15.0. The van der Waals surface area contributed by atoms with Crippen molar-refractivity contribution in [1.29, 1.82) is 0 Å². The summed E-state index contributed by atoms with van der Waals surface area (Å²) < 4.78 is 0. The van der Waals surface area contributed by atoms with Crippen LogP contribution in [0.2, 0.25) is 0 Å². The van der Waals surface area contributed by atoms with E-state index in [1.54, 1.807) is 0 Å². The second-order valence-corrected chi connectivity index (χ2v) is 8.01. The third-order valence-corrected chi connectivity index (χ3v) is 5.50. The van der Waals surface area contributed by atoms with Crippen LogP contribution in [-0.2, 0) is 6.54 Å². The van der Waals surface area contributed by atoms with E-state index in [0.29, 0.717) is 17.4 Å². The first-order valence-corrected chi connectivity index (χ1v) is 8.57. The van der Waals surface area contributed by atoms with Crippen molar-refractivity contribution in [3.63, 3.8) is 0 Å². The van der Waals surface area contributed by atoms with Gasteiger partial charge in [0.25, 0.3) is 0 Å². The summed E-state index contributed by atoms with van der Waals surface area (Å²) >= 11 is 1.89. The second-order valence-electron chi connectivity index (χ2n) is 6.97. The van der Waals surface area contributed by atoms with Crippen LogP contribution in [0.1, 0.15) is 50.7 Å². The molecule has 112 valence electrons. The number of aromatic nitrogens is 1. The molecule has 2 nitrogen and oxygen atoms in total.